The van der Waals surface area contributed by atoms with Gasteiger partial charge in [-0.1, -0.05) is 0 Å². The number of rotatable bonds is 7. The molecule has 0 radical (unpaired) electrons. The Labute approximate surface area is 144 Å². The first-order valence-electron chi connectivity index (χ1n) is 7.69. The summed E-state index contributed by atoms with van der Waals surface area (Å²) in [5.41, 5.74) is 1.60. The predicted molar refractivity (Wildman–Crippen MR) is 95.2 cm³/mol. The molecule has 0 unspecified atom stereocenters. The summed E-state index contributed by atoms with van der Waals surface area (Å²) in [5, 5.41) is 5.89. The Balaban J connectivity index is 1.76. The van der Waals surface area contributed by atoms with Gasteiger partial charge in [0.15, 0.2) is 16.7 Å². The SMILES string of the molecule is CCOc1ccc(-c2csc(Nc3ncccc3OCC)n2)nc1. The fourth-order valence-electron chi connectivity index (χ4n) is 2.09. The molecular weight excluding hydrogens is 324 g/mol. The van der Waals surface area contributed by atoms with Gasteiger partial charge in [0.05, 0.1) is 25.1 Å². The molecule has 3 aromatic heterocycles. The van der Waals surface area contributed by atoms with E-state index in [4.69, 9.17) is 9.47 Å². The van der Waals surface area contributed by atoms with E-state index < -0.39 is 0 Å². The molecule has 3 rings (SSSR count). The molecule has 0 spiro atoms. The molecule has 3 aromatic rings. The molecule has 0 saturated carbocycles. The smallest absolute Gasteiger partial charge is 0.189 e. The average Bonchev–Trinajstić information content (AvgIpc) is 3.06. The number of aromatic nitrogens is 3. The molecule has 0 fully saturated rings. The zero-order chi connectivity index (χ0) is 16.8. The first-order valence-corrected chi connectivity index (χ1v) is 8.57. The highest BCUT2D eigenvalue weighted by molar-refractivity contribution is 7.14. The third-order valence-corrected chi connectivity index (χ3v) is 3.87. The maximum atomic E-state index is 5.56. The lowest BCUT2D eigenvalue weighted by molar-refractivity contribution is 0.339. The van der Waals surface area contributed by atoms with Crippen molar-refractivity contribution in [1.29, 1.82) is 0 Å². The molecular formula is C17H18N4O2S. The Morgan fingerprint density at radius 2 is 1.92 bits per heavy atom. The molecule has 6 nitrogen and oxygen atoms in total. The molecule has 124 valence electrons. The van der Waals surface area contributed by atoms with Gasteiger partial charge in [-0.2, -0.15) is 0 Å². The number of ether oxygens (including phenoxy) is 2. The first-order chi connectivity index (χ1) is 11.8. The number of nitrogens with zero attached hydrogens (tertiary/aromatic N) is 3. The highest BCUT2D eigenvalue weighted by atomic mass is 32.1. The number of anilines is 2. The van der Waals surface area contributed by atoms with Crippen molar-refractivity contribution in [3.63, 3.8) is 0 Å². The van der Waals surface area contributed by atoms with Crippen LogP contribution >= 0.6 is 11.3 Å². The van der Waals surface area contributed by atoms with E-state index in [2.05, 4.69) is 20.3 Å². The minimum atomic E-state index is 0.583. The van der Waals surface area contributed by atoms with Crippen molar-refractivity contribution in [1.82, 2.24) is 15.0 Å². The van der Waals surface area contributed by atoms with Gasteiger partial charge in [0.25, 0.3) is 0 Å². The van der Waals surface area contributed by atoms with Crippen LogP contribution in [0.2, 0.25) is 0 Å². The van der Waals surface area contributed by atoms with E-state index in [0.717, 1.165) is 22.3 Å². The van der Waals surface area contributed by atoms with Crippen LogP contribution < -0.4 is 14.8 Å². The number of hydrogen-bond acceptors (Lipinski definition) is 7. The standard InChI is InChI=1S/C17H18N4O2S/c1-3-22-12-7-8-13(19-10-12)14-11-24-17(20-14)21-16-15(23-4-2)6-5-9-18-16/h5-11H,3-4H2,1-2H3,(H,18,20,21). The van der Waals surface area contributed by atoms with E-state index in [1.165, 1.54) is 11.3 Å². The van der Waals surface area contributed by atoms with Crippen molar-refractivity contribution < 1.29 is 9.47 Å². The van der Waals surface area contributed by atoms with Crippen molar-refractivity contribution in [2.24, 2.45) is 0 Å². The van der Waals surface area contributed by atoms with Crippen LogP contribution in [0.15, 0.2) is 42.0 Å². The second kappa shape index (κ2) is 7.74. The van der Waals surface area contributed by atoms with Crippen LogP contribution in [0.4, 0.5) is 10.9 Å². The van der Waals surface area contributed by atoms with Crippen LogP contribution in [-0.2, 0) is 0 Å². The second-order valence-electron chi connectivity index (χ2n) is 4.76. The molecule has 0 saturated heterocycles. The zero-order valence-electron chi connectivity index (χ0n) is 13.5. The van der Waals surface area contributed by atoms with Gasteiger partial charge < -0.3 is 14.8 Å². The van der Waals surface area contributed by atoms with Gasteiger partial charge in [0.2, 0.25) is 0 Å². The first kappa shape index (κ1) is 16.2. The van der Waals surface area contributed by atoms with Crippen LogP contribution in [0.5, 0.6) is 11.5 Å². The monoisotopic (exact) mass is 342 g/mol. The molecule has 0 aliphatic carbocycles. The molecule has 24 heavy (non-hydrogen) atoms. The molecule has 0 aromatic carbocycles. The van der Waals surface area contributed by atoms with E-state index >= 15 is 0 Å². The number of nitrogens with one attached hydrogen (secondary N) is 1. The van der Waals surface area contributed by atoms with E-state index in [1.54, 1.807) is 12.4 Å². The van der Waals surface area contributed by atoms with Crippen molar-refractivity contribution in [2.45, 2.75) is 13.8 Å². The minimum Gasteiger partial charge on any atom is -0.492 e. The fraction of sp³-hybridized carbons (Fsp3) is 0.235. The quantitative estimate of drug-likeness (QED) is 0.696. The van der Waals surface area contributed by atoms with Gasteiger partial charge in [-0.3, -0.25) is 4.98 Å². The summed E-state index contributed by atoms with van der Waals surface area (Å²) >= 11 is 1.49. The van der Waals surface area contributed by atoms with E-state index in [0.29, 0.717) is 24.8 Å². The van der Waals surface area contributed by atoms with Crippen LogP contribution in [0, 0.1) is 0 Å². The van der Waals surface area contributed by atoms with Gasteiger partial charge in [0, 0.05) is 11.6 Å². The number of thiazole rings is 1. The summed E-state index contributed by atoms with van der Waals surface area (Å²) in [4.78, 5) is 13.3. The van der Waals surface area contributed by atoms with Gasteiger partial charge >= 0.3 is 0 Å². The van der Waals surface area contributed by atoms with Crippen molar-refractivity contribution in [3.05, 3.63) is 42.0 Å². The molecule has 0 amide bonds. The van der Waals surface area contributed by atoms with Crippen molar-refractivity contribution >= 4 is 22.3 Å². The van der Waals surface area contributed by atoms with Gasteiger partial charge in [0.1, 0.15) is 11.4 Å². The molecule has 7 heteroatoms. The Hall–Kier alpha value is -2.67. The van der Waals surface area contributed by atoms with Crippen LogP contribution in [0.3, 0.4) is 0 Å². The normalized spacial score (nSPS) is 10.4. The Morgan fingerprint density at radius 1 is 1.04 bits per heavy atom. The van der Waals surface area contributed by atoms with Gasteiger partial charge in [-0.05, 0) is 38.1 Å². The van der Waals surface area contributed by atoms with Gasteiger partial charge in [-0.25, -0.2) is 9.97 Å². The molecule has 0 aliphatic rings. The topological polar surface area (TPSA) is 69.2 Å². The summed E-state index contributed by atoms with van der Waals surface area (Å²) in [6.07, 6.45) is 3.42. The summed E-state index contributed by atoms with van der Waals surface area (Å²) in [7, 11) is 0. The fourth-order valence-corrected chi connectivity index (χ4v) is 2.79. The second-order valence-corrected chi connectivity index (χ2v) is 5.62. The third kappa shape index (κ3) is 3.80. The number of hydrogen-bond donors (Lipinski definition) is 1. The van der Waals surface area contributed by atoms with E-state index in [1.807, 2.05) is 43.5 Å². The van der Waals surface area contributed by atoms with Gasteiger partial charge in [-0.15, -0.1) is 11.3 Å². The summed E-state index contributed by atoms with van der Waals surface area (Å²) in [5.74, 6) is 2.11. The lowest BCUT2D eigenvalue weighted by Gasteiger charge is -2.08. The van der Waals surface area contributed by atoms with Crippen LogP contribution in [-0.4, -0.2) is 28.2 Å². The predicted octanol–water partition coefficient (Wildman–Crippen LogP) is 4.14. The third-order valence-electron chi connectivity index (χ3n) is 3.11. The Kier molecular flexibility index (Phi) is 5.22. The molecule has 0 atom stereocenters. The summed E-state index contributed by atoms with van der Waals surface area (Å²) in [6, 6.07) is 7.51. The molecule has 0 aliphatic heterocycles. The molecule has 1 N–H and O–H groups in total. The minimum absolute atomic E-state index is 0.583. The molecule has 3 heterocycles. The summed E-state index contributed by atoms with van der Waals surface area (Å²) in [6.45, 7) is 5.09. The lowest BCUT2D eigenvalue weighted by atomic mass is 10.3. The maximum Gasteiger partial charge on any atom is 0.189 e. The van der Waals surface area contributed by atoms with Crippen LogP contribution in [0.25, 0.3) is 11.4 Å². The largest absolute Gasteiger partial charge is 0.492 e. The Morgan fingerprint density at radius 3 is 2.67 bits per heavy atom. The average molecular weight is 342 g/mol. The van der Waals surface area contributed by atoms with E-state index in [9.17, 15) is 0 Å². The zero-order valence-corrected chi connectivity index (χ0v) is 14.3. The van der Waals surface area contributed by atoms with Crippen molar-refractivity contribution in [2.75, 3.05) is 18.5 Å². The van der Waals surface area contributed by atoms with Crippen LogP contribution in [0.1, 0.15) is 13.8 Å². The molecule has 0 bridgehead atoms. The maximum absolute atomic E-state index is 5.56. The van der Waals surface area contributed by atoms with Crippen molar-refractivity contribution in [3.8, 4) is 22.9 Å². The highest BCUT2D eigenvalue weighted by Crippen LogP contribution is 2.29. The lowest BCUT2D eigenvalue weighted by Crippen LogP contribution is -1.99. The number of pyridine rings is 2. The summed E-state index contributed by atoms with van der Waals surface area (Å²) < 4.78 is 11.0. The highest BCUT2D eigenvalue weighted by Gasteiger charge is 2.09. The van der Waals surface area contributed by atoms with E-state index in [-0.39, 0.29) is 0 Å². The Bertz CT molecular complexity index is 789.